The van der Waals surface area contributed by atoms with E-state index in [1.807, 2.05) is 28.8 Å². The number of hydrogen-bond donors (Lipinski definition) is 0. The molecule has 0 bridgehead atoms. The zero-order valence-electron chi connectivity index (χ0n) is 19.5. The molecule has 0 saturated heterocycles. The number of thioether (sulfide) groups is 1. The van der Waals surface area contributed by atoms with E-state index in [2.05, 4.69) is 57.2 Å². The third-order valence-corrected chi connectivity index (χ3v) is 8.95. The Morgan fingerprint density at radius 1 is 1.03 bits per heavy atom. The summed E-state index contributed by atoms with van der Waals surface area (Å²) >= 11 is 3.40. The largest absolute Gasteiger partial charge is 0.283 e. The van der Waals surface area contributed by atoms with Crippen LogP contribution in [0.15, 0.2) is 70.6 Å². The van der Waals surface area contributed by atoms with Crippen molar-refractivity contribution in [2.75, 3.05) is 0 Å². The molecule has 0 radical (unpaired) electrons. The number of aromatic nitrogens is 2. The van der Waals surface area contributed by atoms with Crippen LogP contribution in [0.4, 0.5) is 0 Å². The van der Waals surface area contributed by atoms with Crippen LogP contribution < -0.4 is 5.56 Å². The van der Waals surface area contributed by atoms with Crippen molar-refractivity contribution in [2.45, 2.75) is 57.5 Å². The van der Waals surface area contributed by atoms with Crippen LogP contribution in [0.3, 0.4) is 0 Å². The molecule has 5 rings (SSSR count). The number of thiophene rings is 1. The van der Waals surface area contributed by atoms with Gasteiger partial charge in [-0.25, -0.2) is 4.98 Å². The lowest BCUT2D eigenvalue weighted by molar-refractivity contribution is 0.218. The highest BCUT2D eigenvalue weighted by molar-refractivity contribution is 7.98. The highest BCUT2D eigenvalue weighted by Crippen LogP contribution is 2.42. The summed E-state index contributed by atoms with van der Waals surface area (Å²) in [5, 5.41) is 1.67. The predicted octanol–water partition coefficient (Wildman–Crippen LogP) is 6.95. The maximum atomic E-state index is 13.9. The molecule has 0 fully saturated rings. The summed E-state index contributed by atoms with van der Waals surface area (Å²) in [5.41, 5.74) is 4.02. The second kappa shape index (κ2) is 9.11. The summed E-state index contributed by atoms with van der Waals surface area (Å²) in [6, 6.07) is 20.6. The van der Waals surface area contributed by atoms with Gasteiger partial charge >= 0.3 is 0 Å². The standard InChI is InChI=1S/C28H30N2OS2/c1-28(2,3)21-14-15-22-23(16-21)33-25-24(22)26(31)30(17-19-10-6-4-7-11-19)27(29-25)32-18-20-12-8-5-9-13-20/h4-13,21H,14-18H2,1-3H3. The van der Waals surface area contributed by atoms with E-state index in [1.54, 1.807) is 23.1 Å². The number of hydrogen-bond acceptors (Lipinski definition) is 4. The van der Waals surface area contributed by atoms with Crippen molar-refractivity contribution in [3.63, 3.8) is 0 Å². The van der Waals surface area contributed by atoms with E-state index in [9.17, 15) is 4.79 Å². The predicted molar refractivity (Wildman–Crippen MR) is 140 cm³/mol. The summed E-state index contributed by atoms with van der Waals surface area (Å²) in [5.74, 6) is 1.45. The van der Waals surface area contributed by atoms with Crippen molar-refractivity contribution >= 4 is 33.3 Å². The molecule has 2 heterocycles. The molecule has 0 spiro atoms. The fourth-order valence-corrected chi connectivity index (χ4v) is 7.01. The highest BCUT2D eigenvalue weighted by atomic mass is 32.2. The van der Waals surface area contributed by atoms with Crippen molar-refractivity contribution < 1.29 is 0 Å². The molecular formula is C28H30N2OS2. The van der Waals surface area contributed by atoms with Gasteiger partial charge in [-0.2, -0.15) is 0 Å². The van der Waals surface area contributed by atoms with E-state index in [-0.39, 0.29) is 11.0 Å². The van der Waals surface area contributed by atoms with Crippen LogP contribution in [-0.2, 0) is 25.1 Å². The molecule has 0 amide bonds. The van der Waals surface area contributed by atoms with E-state index in [0.717, 1.165) is 46.0 Å². The third-order valence-electron chi connectivity index (χ3n) is 6.75. The van der Waals surface area contributed by atoms with Crippen molar-refractivity contribution in [3.05, 3.63) is 92.6 Å². The van der Waals surface area contributed by atoms with Gasteiger partial charge < -0.3 is 0 Å². The fraction of sp³-hybridized carbons (Fsp3) is 0.357. The number of rotatable bonds is 5. The lowest BCUT2D eigenvalue weighted by atomic mass is 9.72. The second-order valence-electron chi connectivity index (χ2n) is 10.0. The van der Waals surface area contributed by atoms with E-state index in [0.29, 0.717) is 12.5 Å². The second-order valence-corrected chi connectivity index (χ2v) is 12.1. The molecule has 1 aliphatic carbocycles. The molecule has 1 atom stereocenters. The number of fused-ring (bicyclic) bond motifs is 3. The smallest absolute Gasteiger partial charge is 0.263 e. The topological polar surface area (TPSA) is 34.9 Å². The molecule has 2 aromatic carbocycles. The zero-order valence-corrected chi connectivity index (χ0v) is 21.1. The molecule has 1 aliphatic rings. The lowest BCUT2D eigenvalue weighted by Gasteiger charge is -2.33. The summed E-state index contributed by atoms with van der Waals surface area (Å²) in [4.78, 5) is 21.3. The van der Waals surface area contributed by atoms with Gasteiger partial charge in [-0.15, -0.1) is 11.3 Å². The SMILES string of the molecule is CC(C)(C)C1CCc2c(sc3nc(SCc4ccccc4)n(Cc4ccccc4)c(=O)c23)C1. The Kier molecular flexibility index (Phi) is 6.19. The van der Waals surface area contributed by atoms with Crippen molar-refractivity contribution in [1.82, 2.24) is 9.55 Å². The van der Waals surface area contributed by atoms with Crippen LogP contribution in [0.5, 0.6) is 0 Å². The van der Waals surface area contributed by atoms with Crippen LogP contribution in [0.2, 0.25) is 0 Å². The van der Waals surface area contributed by atoms with Gasteiger partial charge in [-0.1, -0.05) is 93.2 Å². The minimum Gasteiger partial charge on any atom is -0.283 e. The molecule has 5 heteroatoms. The Morgan fingerprint density at radius 3 is 2.36 bits per heavy atom. The summed E-state index contributed by atoms with van der Waals surface area (Å²) in [7, 11) is 0. The molecule has 0 N–H and O–H groups in total. The van der Waals surface area contributed by atoms with E-state index in [1.165, 1.54) is 16.0 Å². The van der Waals surface area contributed by atoms with Gasteiger partial charge in [0.2, 0.25) is 0 Å². The first-order valence-corrected chi connectivity index (χ1v) is 13.5. The van der Waals surface area contributed by atoms with E-state index in [4.69, 9.17) is 4.98 Å². The van der Waals surface area contributed by atoms with Gasteiger partial charge in [-0.3, -0.25) is 9.36 Å². The molecule has 33 heavy (non-hydrogen) atoms. The molecule has 1 unspecified atom stereocenters. The third kappa shape index (κ3) is 4.67. The summed E-state index contributed by atoms with van der Waals surface area (Å²) < 4.78 is 1.90. The van der Waals surface area contributed by atoms with E-state index >= 15 is 0 Å². The zero-order chi connectivity index (χ0) is 23.0. The van der Waals surface area contributed by atoms with Crippen molar-refractivity contribution in [2.24, 2.45) is 11.3 Å². The van der Waals surface area contributed by atoms with Gasteiger partial charge in [0.1, 0.15) is 4.83 Å². The highest BCUT2D eigenvalue weighted by Gasteiger charge is 2.32. The molecule has 4 aromatic rings. The minimum atomic E-state index is 0.117. The Labute approximate surface area is 203 Å². The van der Waals surface area contributed by atoms with Crippen LogP contribution in [0.1, 0.15) is 48.8 Å². The molecular weight excluding hydrogens is 444 g/mol. The Morgan fingerprint density at radius 2 is 1.70 bits per heavy atom. The maximum Gasteiger partial charge on any atom is 0.263 e. The van der Waals surface area contributed by atoms with E-state index < -0.39 is 0 Å². The minimum absolute atomic E-state index is 0.117. The van der Waals surface area contributed by atoms with Gasteiger partial charge in [0, 0.05) is 10.6 Å². The van der Waals surface area contributed by atoms with Crippen LogP contribution in [0.25, 0.3) is 10.2 Å². The Hall–Kier alpha value is -2.37. The quantitative estimate of drug-likeness (QED) is 0.232. The van der Waals surface area contributed by atoms with Crippen LogP contribution >= 0.6 is 23.1 Å². The first-order valence-electron chi connectivity index (χ1n) is 11.7. The molecule has 0 saturated carbocycles. The average molecular weight is 475 g/mol. The fourth-order valence-electron chi connectivity index (χ4n) is 4.72. The maximum absolute atomic E-state index is 13.9. The van der Waals surface area contributed by atoms with Crippen LogP contribution in [0, 0.1) is 11.3 Å². The van der Waals surface area contributed by atoms with Gasteiger partial charge in [0.25, 0.3) is 5.56 Å². The number of aryl methyl sites for hydroxylation is 1. The van der Waals surface area contributed by atoms with Gasteiger partial charge in [0.15, 0.2) is 5.16 Å². The Bertz CT molecular complexity index is 1320. The monoisotopic (exact) mass is 474 g/mol. The normalized spacial score (nSPS) is 16.2. The van der Waals surface area contributed by atoms with Gasteiger partial charge in [-0.05, 0) is 47.3 Å². The summed E-state index contributed by atoms with van der Waals surface area (Å²) in [6.45, 7) is 7.55. The average Bonchev–Trinajstić information content (AvgIpc) is 3.18. The first kappa shape index (κ1) is 22.4. The van der Waals surface area contributed by atoms with Crippen LogP contribution in [-0.4, -0.2) is 9.55 Å². The molecule has 170 valence electrons. The molecule has 0 aliphatic heterocycles. The van der Waals surface area contributed by atoms with Crippen molar-refractivity contribution in [3.8, 4) is 0 Å². The molecule has 2 aromatic heterocycles. The van der Waals surface area contributed by atoms with Gasteiger partial charge in [0.05, 0.1) is 11.9 Å². The molecule has 3 nitrogen and oxygen atoms in total. The van der Waals surface area contributed by atoms with Crippen molar-refractivity contribution in [1.29, 1.82) is 0 Å². The number of nitrogens with zero attached hydrogens (tertiary/aromatic N) is 2. The lowest BCUT2D eigenvalue weighted by Crippen LogP contribution is -2.27. The summed E-state index contributed by atoms with van der Waals surface area (Å²) in [6.07, 6.45) is 3.19. The number of benzene rings is 2. The Balaban J connectivity index is 1.58. The first-order chi connectivity index (χ1) is 15.9.